The first-order chi connectivity index (χ1) is 14.9. The minimum atomic E-state index is -3.45. The number of phenolic OH excluding ortho intramolecular Hbond substituents is 1. The number of alkyl halides is 2. The summed E-state index contributed by atoms with van der Waals surface area (Å²) in [6.07, 6.45) is 10.5. The summed E-state index contributed by atoms with van der Waals surface area (Å²) in [5, 5.41) is 13.0. The molecule has 0 radical (unpaired) electrons. The molecule has 0 saturated carbocycles. The molecular formula is C25H32ClF2NO2. The monoisotopic (exact) mass is 451 g/mol. The fourth-order valence-electron chi connectivity index (χ4n) is 3.55. The number of aromatic hydroxyl groups is 1. The number of phenols is 1. The average Bonchev–Trinajstić information content (AvgIpc) is 2.75. The van der Waals surface area contributed by atoms with Crippen LogP contribution in [0.5, 0.6) is 5.75 Å². The van der Waals surface area contributed by atoms with Crippen molar-refractivity contribution in [1.29, 1.82) is 0 Å². The van der Waals surface area contributed by atoms with Gasteiger partial charge in [-0.25, -0.2) is 0 Å². The van der Waals surface area contributed by atoms with E-state index in [2.05, 4.69) is 12.2 Å². The fourth-order valence-corrected chi connectivity index (χ4v) is 3.76. The van der Waals surface area contributed by atoms with Crippen LogP contribution in [0.3, 0.4) is 0 Å². The Morgan fingerprint density at radius 1 is 0.968 bits per heavy atom. The highest BCUT2D eigenvalue weighted by Gasteiger charge is 2.37. The molecule has 1 amide bonds. The van der Waals surface area contributed by atoms with E-state index in [-0.39, 0.29) is 28.6 Å². The predicted molar refractivity (Wildman–Crippen MR) is 123 cm³/mol. The van der Waals surface area contributed by atoms with E-state index in [4.69, 9.17) is 11.6 Å². The molecule has 0 bridgehead atoms. The van der Waals surface area contributed by atoms with Crippen molar-refractivity contribution in [3.8, 4) is 5.75 Å². The average molecular weight is 452 g/mol. The van der Waals surface area contributed by atoms with Crippen molar-refractivity contribution in [2.75, 3.05) is 5.32 Å². The van der Waals surface area contributed by atoms with Gasteiger partial charge >= 0.3 is 5.92 Å². The van der Waals surface area contributed by atoms with Gasteiger partial charge in [-0.1, -0.05) is 100 Å². The van der Waals surface area contributed by atoms with E-state index in [1.54, 1.807) is 6.07 Å². The number of rotatable bonds is 13. The van der Waals surface area contributed by atoms with E-state index in [0.717, 1.165) is 25.3 Å². The Labute approximate surface area is 188 Å². The first-order valence-corrected chi connectivity index (χ1v) is 11.5. The lowest BCUT2D eigenvalue weighted by Crippen LogP contribution is -2.17. The molecule has 0 aromatic heterocycles. The number of nitrogens with one attached hydrogen (secondary N) is 1. The molecule has 0 atom stereocenters. The summed E-state index contributed by atoms with van der Waals surface area (Å²) in [6.45, 7) is 2.20. The Balaban J connectivity index is 1.90. The summed E-state index contributed by atoms with van der Waals surface area (Å²) >= 11 is 6.01. The first kappa shape index (κ1) is 25.1. The summed E-state index contributed by atoms with van der Waals surface area (Å²) in [5.74, 6) is -4.44. The summed E-state index contributed by atoms with van der Waals surface area (Å²) in [5.41, 5.74) is -0.997. The van der Waals surface area contributed by atoms with Gasteiger partial charge in [-0.3, -0.25) is 4.79 Å². The van der Waals surface area contributed by atoms with E-state index < -0.39 is 17.2 Å². The number of unbranched alkanes of at least 4 members (excludes halogenated alkanes) is 8. The van der Waals surface area contributed by atoms with Crippen LogP contribution in [0.25, 0.3) is 0 Å². The van der Waals surface area contributed by atoms with E-state index in [0.29, 0.717) is 0 Å². The molecule has 0 saturated heterocycles. The maximum atomic E-state index is 14.9. The van der Waals surface area contributed by atoms with Crippen molar-refractivity contribution >= 4 is 23.2 Å². The summed E-state index contributed by atoms with van der Waals surface area (Å²) < 4.78 is 29.9. The summed E-state index contributed by atoms with van der Waals surface area (Å²) in [4.78, 5) is 12.3. The van der Waals surface area contributed by atoms with Gasteiger partial charge in [0.1, 0.15) is 5.75 Å². The van der Waals surface area contributed by atoms with Crippen LogP contribution in [0, 0.1) is 0 Å². The number of anilines is 1. The van der Waals surface area contributed by atoms with Crippen LogP contribution in [0.2, 0.25) is 5.02 Å². The smallest absolute Gasteiger partial charge is 0.302 e. The number of carbonyl (C=O) groups is 1. The Bertz CT molecular complexity index is 828. The van der Waals surface area contributed by atoms with Crippen LogP contribution in [-0.4, -0.2) is 11.0 Å². The Kier molecular flexibility index (Phi) is 10.3. The molecule has 6 heteroatoms. The van der Waals surface area contributed by atoms with Gasteiger partial charge in [0.05, 0.1) is 11.3 Å². The van der Waals surface area contributed by atoms with Gasteiger partial charge in [0.25, 0.3) is 0 Å². The first-order valence-electron chi connectivity index (χ1n) is 11.1. The van der Waals surface area contributed by atoms with E-state index in [1.807, 2.05) is 0 Å². The topological polar surface area (TPSA) is 49.3 Å². The lowest BCUT2D eigenvalue weighted by Gasteiger charge is -2.20. The highest BCUT2D eigenvalue weighted by atomic mass is 35.5. The number of carbonyl (C=O) groups excluding carboxylic acids is 1. The zero-order chi connectivity index (χ0) is 22.7. The van der Waals surface area contributed by atoms with Crippen LogP contribution < -0.4 is 5.32 Å². The molecule has 2 aromatic rings. The summed E-state index contributed by atoms with van der Waals surface area (Å²) in [6, 6.07) is 9.51. The van der Waals surface area contributed by atoms with Crippen LogP contribution in [-0.2, 0) is 10.7 Å². The van der Waals surface area contributed by atoms with E-state index >= 15 is 0 Å². The molecule has 0 fully saturated rings. The molecule has 0 spiro atoms. The molecule has 0 aliphatic rings. The molecule has 2 N–H and O–H groups in total. The standard InChI is InChI=1S/C25H32ClF2NO2/c1-2-3-4-5-6-7-8-9-13-16-23(30)29-22-18-20(26)17-21(24(22)31)25(27,28)19-14-11-10-12-15-19/h10-12,14-15,17-18,31H,2-9,13,16H2,1H3,(H,29,30). The highest BCUT2D eigenvalue weighted by Crippen LogP contribution is 2.44. The lowest BCUT2D eigenvalue weighted by molar-refractivity contribution is -0.116. The van der Waals surface area contributed by atoms with Crippen molar-refractivity contribution in [2.24, 2.45) is 0 Å². The number of halogens is 3. The van der Waals surface area contributed by atoms with Gasteiger partial charge < -0.3 is 10.4 Å². The number of hydrogen-bond donors (Lipinski definition) is 2. The zero-order valence-electron chi connectivity index (χ0n) is 18.1. The van der Waals surface area contributed by atoms with Gasteiger partial charge in [0, 0.05) is 17.0 Å². The second-order valence-corrected chi connectivity index (χ2v) is 8.35. The van der Waals surface area contributed by atoms with Crippen LogP contribution >= 0.6 is 11.6 Å². The maximum Gasteiger partial charge on any atom is 0.302 e. The maximum absolute atomic E-state index is 14.9. The van der Waals surface area contributed by atoms with Crippen molar-refractivity contribution in [1.82, 2.24) is 0 Å². The zero-order valence-corrected chi connectivity index (χ0v) is 18.9. The second kappa shape index (κ2) is 12.7. The van der Waals surface area contributed by atoms with E-state index in [9.17, 15) is 18.7 Å². The summed E-state index contributed by atoms with van der Waals surface area (Å²) in [7, 11) is 0. The molecule has 2 aromatic carbocycles. The Hall–Kier alpha value is -2.14. The van der Waals surface area contributed by atoms with Gasteiger partial charge in [-0.05, 0) is 18.6 Å². The largest absolute Gasteiger partial charge is 0.505 e. The fraction of sp³-hybridized carbons (Fsp3) is 0.480. The minimum absolute atomic E-state index is 0.0155. The minimum Gasteiger partial charge on any atom is -0.505 e. The van der Waals surface area contributed by atoms with Crippen molar-refractivity contribution < 1.29 is 18.7 Å². The molecule has 0 heterocycles. The van der Waals surface area contributed by atoms with Gasteiger partial charge in [-0.15, -0.1) is 0 Å². The lowest BCUT2D eigenvalue weighted by atomic mass is 9.98. The predicted octanol–water partition coefficient (Wildman–Crippen LogP) is 8.05. The Morgan fingerprint density at radius 2 is 1.55 bits per heavy atom. The Morgan fingerprint density at radius 3 is 2.16 bits per heavy atom. The number of hydrogen-bond acceptors (Lipinski definition) is 2. The number of benzene rings is 2. The molecule has 31 heavy (non-hydrogen) atoms. The third kappa shape index (κ3) is 7.80. The van der Waals surface area contributed by atoms with Crippen molar-refractivity contribution in [2.45, 2.75) is 77.1 Å². The van der Waals surface area contributed by atoms with E-state index in [1.165, 1.54) is 68.9 Å². The third-order valence-electron chi connectivity index (χ3n) is 5.33. The number of amides is 1. The molecular weight excluding hydrogens is 420 g/mol. The van der Waals surface area contributed by atoms with Crippen LogP contribution in [0.1, 0.15) is 82.3 Å². The molecule has 0 unspecified atom stereocenters. The quantitative estimate of drug-likeness (QED) is 0.239. The third-order valence-corrected chi connectivity index (χ3v) is 5.55. The van der Waals surface area contributed by atoms with Crippen molar-refractivity contribution in [3.05, 3.63) is 58.6 Å². The molecule has 0 aliphatic heterocycles. The van der Waals surface area contributed by atoms with Gasteiger partial charge in [0.15, 0.2) is 0 Å². The molecule has 170 valence electrons. The normalized spacial score (nSPS) is 11.5. The highest BCUT2D eigenvalue weighted by molar-refractivity contribution is 6.31. The second-order valence-electron chi connectivity index (χ2n) is 7.92. The van der Waals surface area contributed by atoms with Crippen molar-refractivity contribution in [3.63, 3.8) is 0 Å². The van der Waals surface area contributed by atoms with Gasteiger partial charge in [0.2, 0.25) is 5.91 Å². The van der Waals surface area contributed by atoms with Gasteiger partial charge in [-0.2, -0.15) is 8.78 Å². The molecule has 2 rings (SSSR count). The van der Waals surface area contributed by atoms with Crippen LogP contribution in [0.15, 0.2) is 42.5 Å². The molecule has 0 aliphatic carbocycles. The SMILES string of the molecule is CCCCCCCCCCCC(=O)Nc1cc(Cl)cc(C(F)(F)c2ccccc2)c1O. The van der Waals surface area contributed by atoms with Crippen LogP contribution in [0.4, 0.5) is 14.5 Å². The molecule has 3 nitrogen and oxygen atoms in total.